The average Bonchev–Trinajstić information content (AvgIpc) is 2.73. The van der Waals surface area contributed by atoms with Gasteiger partial charge in [0.25, 0.3) is 0 Å². The summed E-state index contributed by atoms with van der Waals surface area (Å²) in [7, 11) is 0. The third kappa shape index (κ3) is 3.17. The van der Waals surface area contributed by atoms with Crippen molar-refractivity contribution in [2.24, 2.45) is 11.7 Å². The van der Waals surface area contributed by atoms with Crippen LogP contribution < -0.4 is 11.1 Å². The number of carbonyl (C=O) groups is 2. The lowest BCUT2D eigenvalue weighted by atomic mass is 10.1. The highest BCUT2D eigenvalue weighted by Crippen LogP contribution is 2.15. The number of aliphatic hydroxyl groups excluding tert-OH is 1. The minimum Gasteiger partial charge on any atom is -0.396 e. The van der Waals surface area contributed by atoms with Crippen LogP contribution in [0.25, 0.3) is 0 Å². The summed E-state index contributed by atoms with van der Waals surface area (Å²) in [5.41, 5.74) is 5.20. The second-order valence-electron chi connectivity index (χ2n) is 3.63. The Labute approximate surface area is 88.4 Å². The van der Waals surface area contributed by atoms with Crippen LogP contribution in [0.15, 0.2) is 0 Å². The van der Waals surface area contributed by atoms with Crippen molar-refractivity contribution in [3.8, 4) is 0 Å². The molecule has 0 saturated carbocycles. The number of likely N-dealkylation sites (tertiary alicyclic amines) is 1. The molecular weight excluding hydrogens is 198 g/mol. The van der Waals surface area contributed by atoms with Crippen molar-refractivity contribution in [1.82, 2.24) is 10.2 Å². The molecule has 1 atom stereocenters. The van der Waals surface area contributed by atoms with Crippen molar-refractivity contribution >= 4 is 11.8 Å². The van der Waals surface area contributed by atoms with Crippen LogP contribution in [-0.2, 0) is 9.59 Å². The van der Waals surface area contributed by atoms with Crippen molar-refractivity contribution in [3.05, 3.63) is 0 Å². The van der Waals surface area contributed by atoms with Gasteiger partial charge in [0.1, 0.15) is 0 Å². The molecule has 0 aromatic heterocycles. The van der Waals surface area contributed by atoms with Crippen LogP contribution in [0.2, 0.25) is 0 Å². The fourth-order valence-electron chi connectivity index (χ4n) is 1.57. The predicted molar refractivity (Wildman–Crippen MR) is 53.8 cm³/mol. The van der Waals surface area contributed by atoms with Gasteiger partial charge in [-0.05, 0) is 6.42 Å². The molecule has 0 aliphatic carbocycles. The number of nitrogens with one attached hydrogen (secondary N) is 1. The fourth-order valence-corrected chi connectivity index (χ4v) is 1.57. The highest BCUT2D eigenvalue weighted by Gasteiger charge is 2.29. The zero-order valence-corrected chi connectivity index (χ0v) is 8.61. The van der Waals surface area contributed by atoms with E-state index in [1.54, 1.807) is 0 Å². The fraction of sp³-hybridized carbons (Fsp3) is 0.778. The van der Waals surface area contributed by atoms with Crippen molar-refractivity contribution in [1.29, 1.82) is 0 Å². The molecule has 1 aliphatic rings. The van der Waals surface area contributed by atoms with Gasteiger partial charge in [-0.15, -0.1) is 0 Å². The summed E-state index contributed by atoms with van der Waals surface area (Å²) in [4.78, 5) is 24.2. The number of aliphatic hydroxyl groups is 1. The number of hydrogen-bond acceptors (Lipinski definition) is 4. The Kier molecular flexibility index (Phi) is 4.51. The molecule has 1 fully saturated rings. The first kappa shape index (κ1) is 11.9. The van der Waals surface area contributed by atoms with Gasteiger partial charge in [0.15, 0.2) is 0 Å². The summed E-state index contributed by atoms with van der Waals surface area (Å²) in [5.74, 6) is -1.03. The molecule has 1 aliphatic heterocycles. The van der Waals surface area contributed by atoms with Gasteiger partial charge in [-0.2, -0.15) is 0 Å². The first-order valence-electron chi connectivity index (χ1n) is 5.07. The van der Waals surface area contributed by atoms with Gasteiger partial charge in [-0.1, -0.05) is 0 Å². The molecule has 0 radical (unpaired) electrons. The molecule has 4 N–H and O–H groups in total. The minimum absolute atomic E-state index is 0.0637. The number of carbonyl (C=O) groups excluding carboxylic acids is 2. The Morgan fingerprint density at radius 3 is 2.80 bits per heavy atom. The zero-order valence-electron chi connectivity index (χ0n) is 8.61. The normalized spacial score (nSPS) is 20.4. The summed E-state index contributed by atoms with van der Waals surface area (Å²) >= 11 is 0. The maximum Gasteiger partial charge on any atom is 0.311 e. The summed E-state index contributed by atoms with van der Waals surface area (Å²) in [6.07, 6.45) is 0.756. The first-order valence-corrected chi connectivity index (χ1v) is 5.07. The summed E-state index contributed by atoms with van der Waals surface area (Å²) in [6.45, 7) is 1.69. The second kappa shape index (κ2) is 5.67. The molecular formula is C9H17N3O3. The third-order valence-corrected chi connectivity index (χ3v) is 2.46. The van der Waals surface area contributed by atoms with Crippen LogP contribution in [-0.4, -0.2) is 54.6 Å². The molecule has 1 saturated heterocycles. The van der Waals surface area contributed by atoms with Crippen molar-refractivity contribution < 1.29 is 14.7 Å². The van der Waals surface area contributed by atoms with Gasteiger partial charge in [0.2, 0.25) is 0 Å². The number of hydrogen-bond donors (Lipinski definition) is 3. The van der Waals surface area contributed by atoms with E-state index in [1.165, 1.54) is 4.90 Å². The van der Waals surface area contributed by atoms with Crippen LogP contribution >= 0.6 is 0 Å². The van der Waals surface area contributed by atoms with Gasteiger partial charge in [0.05, 0.1) is 0 Å². The van der Waals surface area contributed by atoms with Crippen LogP contribution in [0.1, 0.15) is 6.42 Å². The molecule has 0 spiro atoms. The van der Waals surface area contributed by atoms with Gasteiger partial charge >= 0.3 is 11.8 Å². The Balaban J connectivity index is 2.37. The van der Waals surface area contributed by atoms with E-state index in [4.69, 9.17) is 10.8 Å². The van der Waals surface area contributed by atoms with Crippen molar-refractivity contribution in [3.63, 3.8) is 0 Å². The summed E-state index contributed by atoms with van der Waals surface area (Å²) in [6, 6.07) is 0. The first-order chi connectivity index (χ1) is 7.19. The van der Waals surface area contributed by atoms with Crippen LogP contribution in [0.3, 0.4) is 0 Å². The monoisotopic (exact) mass is 215 g/mol. The molecule has 2 amide bonds. The smallest absolute Gasteiger partial charge is 0.311 e. The largest absolute Gasteiger partial charge is 0.396 e. The minimum atomic E-state index is -0.612. The molecule has 6 heteroatoms. The lowest BCUT2D eigenvalue weighted by molar-refractivity contribution is -0.145. The maximum absolute atomic E-state index is 11.5. The number of nitrogens with two attached hydrogens (primary N) is 1. The Morgan fingerprint density at radius 2 is 2.27 bits per heavy atom. The Hall–Kier alpha value is -1.14. The molecule has 6 nitrogen and oxygen atoms in total. The standard InChI is InChI=1S/C9H17N3O3/c10-2-3-11-8(14)9(15)12-4-1-7(5-12)6-13/h7,13H,1-6,10H2,(H,11,14). The van der Waals surface area contributed by atoms with Crippen molar-refractivity contribution in [2.45, 2.75) is 6.42 Å². The van der Waals surface area contributed by atoms with Gasteiger partial charge in [-0.25, -0.2) is 0 Å². The Bertz CT molecular complexity index is 245. The second-order valence-corrected chi connectivity index (χ2v) is 3.63. The van der Waals surface area contributed by atoms with E-state index in [1.807, 2.05) is 0 Å². The van der Waals surface area contributed by atoms with Crippen LogP contribution in [0, 0.1) is 5.92 Å². The lowest BCUT2D eigenvalue weighted by Crippen LogP contribution is -2.43. The summed E-state index contributed by atoms with van der Waals surface area (Å²) < 4.78 is 0. The highest BCUT2D eigenvalue weighted by molar-refractivity contribution is 6.35. The Morgan fingerprint density at radius 1 is 1.53 bits per heavy atom. The highest BCUT2D eigenvalue weighted by atomic mass is 16.3. The quantitative estimate of drug-likeness (QED) is 0.470. The van der Waals surface area contributed by atoms with Crippen LogP contribution in [0.4, 0.5) is 0 Å². The van der Waals surface area contributed by atoms with Gasteiger partial charge in [0, 0.05) is 38.7 Å². The SMILES string of the molecule is NCCNC(=O)C(=O)N1CCC(CO)C1. The number of rotatable bonds is 3. The lowest BCUT2D eigenvalue weighted by Gasteiger charge is -2.15. The molecule has 86 valence electrons. The van der Waals surface area contributed by atoms with E-state index in [9.17, 15) is 9.59 Å². The molecule has 1 unspecified atom stereocenters. The van der Waals surface area contributed by atoms with E-state index in [0.29, 0.717) is 26.2 Å². The van der Waals surface area contributed by atoms with E-state index in [-0.39, 0.29) is 12.5 Å². The topological polar surface area (TPSA) is 95.7 Å². The maximum atomic E-state index is 11.5. The predicted octanol–water partition coefficient (Wildman–Crippen LogP) is -2.10. The molecule has 0 aromatic rings. The third-order valence-electron chi connectivity index (χ3n) is 2.46. The van der Waals surface area contributed by atoms with E-state index < -0.39 is 11.8 Å². The number of nitrogens with zero attached hydrogens (tertiary/aromatic N) is 1. The van der Waals surface area contributed by atoms with Crippen molar-refractivity contribution in [2.75, 3.05) is 32.8 Å². The molecule has 0 aromatic carbocycles. The van der Waals surface area contributed by atoms with Crippen LogP contribution in [0.5, 0.6) is 0 Å². The van der Waals surface area contributed by atoms with E-state index in [2.05, 4.69) is 5.32 Å². The molecule has 15 heavy (non-hydrogen) atoms. The van der Waals surface area contributed by atoms with E-state index in [0.717, 1.165) is 6.42 Å². The van der Waals surface area contributed by atoms with Gasteiger partial charge in [-0.3, -0.25) is 9.59 Å². The number of amides is 2. The molecule has 1 heterocycles. The zero-order chi connectivity index (χ0) is 11.3. The van der Waals surface area contributed by atoms with Gasteiger partial charge < -0.3 is 21.1 Å². The molecule has 0 bridgehead atoms. The summed E-state index contributed by atoms with van der Waals surface area (Å²) in [5, 5.41) is 11.3. The molecule has 1 rings (SSSR count). The van der Waals surface area contributed by atoms with E-state index >= 15 is 0 Å². The average molecular weight is 215 g/mol.